The van der Waals surface area contributed by atoms with E-state index in [0.717, 1.165) is 10.9 Å². The molecular formula is C12H17BrN2O3. The van der Waals surface area contributed by atoms with Crippen LogP contribution in [-0.2, 0) is 9.53 Å². The maximum Gasteiger partial charge on any atom is 0.241 e. The van der Waals surface area contributed by atoms with Gasteiger partial charge >= 0.3 is 0 Å². The van der Waals surface area contributed by atoms with Crippen LogP contribution in [0.1, 0.15) is 12.8 Å². The first-order valence-electron chi connectivity index (χ1n) is 5.58. The summed E-state index contributed by atoms with van der Waals surface area (Å²) in [5.41, 5.74) is 6.08. The van der Waals surface area contributed by atoms with Crippen LogP contribution in [0.4, 0.5) is 5.69 Å². The SMILES string of the molecule is COCCCC(N)C(=O)Nc1cc(Br)ccc1O. The Kier molecular flexibility index (Phi) is 6.11. The van der Waals surface area contributed by atoms with Crippen molar-refractivity contribution >= 4 is 27.5 Å². The molecule has 4 N–H and O–H groups in total. The Morgan fingerprint density at radius 1 is 1.61 bits per heavy atom. The highest BCUT2D eigenvalue weighted by atomic mass is 79.9. The number of anilines is 1. The first kappa shape index (κ1) is 14.9. The monoisotopic (exact) mass is 316 g/mol. The van der Waals surface area contributed by atoms with Gasteiger partial charge in [-0.25, -0.2) is 0 Å². The number of amides is 1. The highest BCUT2D eigenvalue weighted by molar-refractivity contribution is 9.10. The summed E-state index contributed by atoms with van der Waals surface area (Å²) in [6.45, 7) is 0.573. The molecule has 1 rings (SSSR count). The summed E-state index contributed by atoms with van der Waals surface area (Å²) >= 11 is 3.26. The predicted octanol–water partition coefficient (Wildman–Crippen LogP) is 1.85. The second kappa shape index (κ2) is 7.35. The zero-order valence-electron chi connectivity index (χ0n) is 10.1. The van der Waals surface area contributed by atoms with Gasteiger partial charge in [-0.1, -0.05) is 15.9 Å². The molecule has 0 aromatic heterocycles. The Bertz CT molecular complexity index is 412. The van der Waals surface area contributed by atoms with Crippen LogP contribution in [0.15, 0.2) is 22.7 Å². The van der Waals surface area contributed by atoms with Gasteiger partial charge in [0.05, 0.1) is 11.7 Å². The van der Waals surface area contributed by atoms with Crippen LogP contribution in [0, 0.1) is 0 Å². The van der Waals surface area contributed by atoms with E-state index in [4.69, 9.17) is 10.5 Å². The Balaban J connectivity index is 2.55. The van der Waals surface area contributed by atoms with Crippen LogP contribution in [0.3, 0.4) is 0 Å². The van der Waals surface area contributed by atoms with Crippen LogP contribution in [0.25, 0.3) is 0 Å². The van der Waals surface area contributed by atoms with Crippen molar-refractivity contribution in [1.82, 2.24) is 0 Å². The molecule has 0 heterocycles. The number of carbonyl (C=O) groups excluding carboxylic acids is 1. The normalized spacial score (nSPS) is 12.2. The summed E-state index contributed by atoms with van der Waals surface area (Å²) in [5, 5.41) is 12.2. The second-order valence-corrected chi connectivity index (χ2v) is 4.81. The van der Waals surface area contributed by atoms with Crippen molar-refractivity contribution in [2.75, 3.05) is 19.0 Å². The number of phenols is 1. The van der Waals surface area contributed by atoms with Gasteiger partial charge in [-0.05, 0) is 31.0 Å². The molecule has 1 unspecified atom stereocenters. The van der Waals surface area contributed by atoms with Gasteiger partial charge in [-0.3, -0.25) is 4.79 Å². The largest absolute Gasteiger partial charge is 0.506 e. The molecule has 0 bridgehead atoms. The molecule has 5 nitrogen and oxygen atoms in total. The molecule has 100 valence electrons. The molecule has 1 aromatic carbocycles. The quantitative estimate of drug-likeness (QED) is 0.552. The number of carbonyl (C=O) groups is 1. The van der Waals surface area contributed by atoms with Crippen LogP contribution >= 0.6 is 15.9 Å². The molecule has 1 amide bonds. The summed E-state index contributed by atoms with van der Waals surface area (Å²) in [6, 6.07) is 4.19. The predicted molar refractivity (Wildman–Crippen MR) is 73.5 cm³/mol. The molecular weight excluding hydrogens is 300 g/mol. The standard InChI is InChI=1S/C12H17BrN2O3/c1-18-6-2-3-9(14)12(17)15-10-7-8(13)4-5-11(10)16/h4-5,7,9,16H,2-3,6,14H2,1H3,(H,15,17). The van der Waals surface area contributed by atoms with Gasteiger partial charge in [0.25, 0.3) is 0 Å². The topological polar surface area (TPSA) is 84.6 Å². The van der Waals surface area contributed by atoms with E-state index in [-0.39, 0.29) is 11.7 Å². The molecule has 0 aliphatic carbocycles. The van der Waals surface area contributed by atoms with Gasteiger partial charge in [-0.15, -0.1) is 0 Å². The van der Waals surface area contributed by atoms with Gasteiger partial charge < -0.3 is 20.9 Å². The Hall–Kier alpha value is -1.11. The lowest BCUT2D eigenvalue weighted by molar-refractivity contribution is -0.117. The third-order valence-electron chi connectivity index (χ3n) is 2.42. The highest BCUT2D eigenvalue weighted by Crippen LogP contribution is 2.26. The fourth-order valence-electron chi connectivity index (χ4n) is 1.41. The zero-order valence-corrected chi connectivity index (χ0v) is 11.7. The van der Waals surface area contributed by atoms with E-state index in [1.807, 2.05) is 0 Å². The Labute approximate surface area is 114 Å². The molecule has 0 saturated heterocycles. The number of aromatic hydroxyl groups is 1. The van der Waals surface area contributed by atoms with Crippen molar-refractivity contribution in [1.29, 1.82) is 0 Å². The van der Waals surface area contributed by atoms with E-state index in [2.05, 4.69) is 21.2 Å². The van der Waals surface area contributed by atoms with Crippen molar-refractivity contribution < 1.29 is 14.6 Å². The van der Waals surface area contributed by atoms with E-state index in [1.54, 1.807) is 19.2 Å². The number of hydrogen-bond donors (Lipinski definition) is 3. The van der Waals surface area contributed by atoms with Gasteiger partial charge in [0.2, 0.25) is 5.91 Å². The number of halogens is 1. The van der Waals surface area contributed by atoms with E-state index >= 15 is 0 Å². The number of nitrogens with one attached hydrogen (secondary N) is 1. The Morgan fingerprint density at radius 3 is 3.00 bits per heavy atom. The van der Waals surface area contributed by atoms with Gasteiger partial charge in [0.15, 0.2) is 0 Å². The van der Waals surface area contributed by atoms with E-state index < -0.39 is 6.04 Å². The number of methoxy groups -OCH3 is 1. The fraction of sp³-hybridized carbons (Fsp3) is 0.417. The lowest BCUT2D eigenvalue weighted by Gasteiger charge is -2.13. The Morgan fingerprint density at radius 2 is 2.33 bits per heavy atom. The number of rotatable bonds is 6. The molecule has 6 heteroatoms. The summed E-state index contributed by atoms with van der Waals surface area (Å²) in [5.74, 6) is -0.310. The van der Waals surface area contributed by atoms with Gasteiger partial charge in [0, 0.05) is 18.2 Å². The third kappa shape index (κ3) is 4.64. The average molecular weight is 317 g/mol. The number of ether oxygens (including phenoxy) is 1. The van der Waals surface area contributed by atoms with Crippen molar-refractivity contribution in [3.63, 3.8) is 0 Å². The smallest absolute Gasteiger partial charge is 0.241 e. The second-order valence-electron chi connectivity index (χ2n) is 3.89. The number of phenolic OH excluding ortho intramolecular Hbond substituents is 1. The molecule has 0 aliphatic heterocycles. The maximum atomic E-state index is 11.8. The summed E-state index contributed by atoms with van der Waals surface area (Å²) in [6.07, 6.45) is 1.25. The van der Waals surface area contributed by atoms with E-state index in [0.29, 0.717) is 18.7 Å². The van der Waals surface area contributed by atoms with E-state index in [1.165, 1.54) is 6.07 Å². The molecule has 0 radical (unpaired) electrons. The zero-order chi connectivity index (χ0) is 13.5. The number of nitrogens with two attached hydrogens (primary N) is 1. The molecule has 0 spiro atoms. The lowest BCUT2D eigenvalue weighted by Crippen LogP contribution is -2.35. The lowest BCUT2D eigenvalue weighted by atomic mass is 10.1. The van der Waals surface area contributed by atoms with Gasteiger partial charge in [-0.2, -0.15) is 0 Å². The van der Waals surface area contributed by atoms with Crippen molar-refractivity contribution in [2.45, 2.75) is 18.9 Å². The fourth-order valence-corrected chi connectivity index (χ4v) is 1.77. The summed E-state index contributed by atoms with van der Waals surface area (Å²) < 4.78 is 5.66. The van der Waals surface area contributed by atoms with Gasteiger partial charge in [0.1, 0.15) is 5.75 Å². The van der Waals surface area contributed by atoms with Crippen molar-refractivity contribution in [3.8, 4) is 5.75 Å². The van der Waals surface area contributed by atoms with Crippen LogP contribution < -0.4 is 11.1 Å². The maximum absolute atomic E-state index is 11.8. The van der Waals surface area contributed by atoms with Crippen molar-refractivity contribution in [3.05, 3.63) is 22.7 Å². The molecule has 0 saturated carbocycles. The summed E-state index contributed by atoms with van der Waals surface area (Å²) in [7, 11) is 1.60. The van der Waals surface area contributed by atoms with Crippen LogP contribution in [0.2, 0.25) is 0 Å². The van der Waals surface area contributed by atoms with Crippen LogP contribution in [0.5, 0.6) is 5.75 Å². The minimum atomic E-state index is -0.612. The van der Waals surface area contributed by atoms with Crippen molar-refractivity contribution in [2.24, 2.45) is 5.73 Å². The molecule has 0 fully saturated rings. The third-order valence-corrected chi connectivity index (χ3v) is 2.91. The molecule has 1 atom stereocenters. The molecule has 0 aliphatic rings. The molecule has 1 aromatic rings. The van der Waals surface area contributed by atoms with E-state index in [9.17, 15) is 9.90 Å². The summed E-state index contributed by atoms with van der Waals surface area (Å²) in [4.78, 5) is 11.8. The first-order valence-corrected chi connectivity index (χ1v) is 6.37. The minimum Gasteiger partial charge on any atom is -0.506 e. The number of benzene rings is 1. The average Bonchev–Trinajstić information content (AvgIpc) is 2.34. The minimum absolute atomic E-state index is 0.00985. The number of hydrogen-bond acceptors (Lipinski definition) is 4. The highest BCUT2D eigenvalue weighted by Gasteiger charge is 2.14. The first-order chi connectivity index (χ1) is 8.54. The molecule has 18 heavy (non-hydrogen) atoms. The van der Waals surface area contributed by atoms with Crippen LogP contribution in [-0.4, -0.2) is 30.8 Å².